The summed E-state index contributed by atoms with van der Waals surface area (Å²) in [4.78, 5) is 12.2. The van der Waals surface area contributed by atoms with E-state index >= 15 is 0 Å². The Bertz CT molecular complexity index is 806. The summed E-state index contributed by atoms with van der Waals surface area (Å²) in [6.07, 6.45) is 2.87. The van der Waals surface area contributed by atoms with E-state index in [0.717, 1.165) is 6.07 Å². The molecule has 1 heterocycles. The Kier molecular flexibility index (Phi) is 3.42. The van der Waals surface area contributed by atoms with Gasteiger partial charge in [0.1, 0.15) is 33.8 Å². The standard InChI is InChI=1S/C16H16O6/c1-21-10-6-11(18)15-12(19)8-14(22-13(15)7-10)16(20)4-2-9(17)3-5-16/h2,4,6-9,17-18,20H,3,5H2,1H3. The average molecular weight is 304 g/mol. The smallest absolute Gasteiger partial charge is 0.196 e. The first kappa shape index (κ1) is 14.6. The highest BCUT2D eigenvalue weighted by Crippen LogP contribution is 2.35. The van der Waals surface area contributed by atoms with Gasteiger partial charge in [0.25, 0.3) is 0 Å². The van der Waals surface area contributed by atoms with Crippen LogP contribution >= 0.6 is 0 Å². The van der Waals surface area contributed by atoms with Gasteiger partial charge in [-0.2, -0.15) is 0 Å². The first-order valence-electron chi connectivity index (χ1n) is 6.88. The maximum Gasteiger partial charge on any atom is 0.196 e. The Morgan fingerprint density at radius 1 is 1.36 bits per heavy atom. The molecule has 0 bridgehead atoms. The first-order valence-corrected chi connectivity index (χ1v) is 6.88. The lowest BCUT2D eigenvalue weighted by atomic mass is 9.87. The van der Waals surface area contributed by atoms with Gasteiger partial charge < -0.3 is 24.5 Å². The number of hydrogen-bond donors (Lipinski definition) is 3. The zero-order valence-electron chi connectivity index (χ0n) is 11.9. The van der Waals surface area contributed by atoms with Gasteiger partial charge in [-0.25, -0.2) is 0 Å². The number of phenolic OH excluding ortho intramolecular Hbond substituents is 1. The minimum atomic E-state index is -1.45. The number of phenols is 1. The van der Waals surface area contributed by atoms with Gasteiger partial charge in [-0.15, -0.1) is 0 Å². The summed E-state index contributed by atoms with van der Waals surface area (Å²) >= 11 is 0. The Labute approximate surface area is 125 Å². The SMILES string of the molecule is COc1cc(O)c2c(=O)cc(C3(O)C=CC(O)CC3)oc2c1. The fourth-order valence-corrected chi connectivity index (χ4v) is 2.60. The van der Waals surface area contributed by atoms with E-state index in [0.29, 0.717) is 12.2 Å². The average Bonchev–Trinajstić information content (AvgIpc) is 2.49. The van der Waals surface area contributed by atoms with E-state index in [1.54, 1.807) is 0 Å². The van der Waals surface area contributed by atoms with Gasteiger partial charge in [-0.1, -0.05) is 6.08 Å². The van der Waals surface area contributed by atoms with Crippen LogP contribution in [0, 0.1) is 0 Å². The highest BCUT2D eigenvalue weighted by molar-refractivity contribution is 5.84. The second-order valence-electron chi connectivity index (χ2n) is 5.38. The van der Waals surface area contributed by atoms with Crippen molar-refractivity contribution in [2.75, 3.05) is 7.11 Å². The Balaban J connectivity index is 2.21. The largest absolute Gasteiger partial charge is 0.507 e. The van der Waals surface area contributed by atoms with Crippen LogP contribution in [0.5, 0.6) is 11.5 Å². The van der Waals surface area contributed by atoms with Crippen molar-refractivity contribution in [3.63, 3.8) is 0 Å². The van der Waals surface area contributed by atoms with Gasteiger partial charge in [0.15, 0.2) is 5.43 Å². The molecule has 1 aromatic carbocycles. The van der Waals surface area contributed by atoms with E-state index in [2.05, 4.69) is 0 Å². The fourth-order valence-electron chi connectivity index (χ4n) is 2.60. The van der Waals surface area contributed by atoms with Crippen LogP contribution in [0.25, 0.3) is 11.0 Å². The maximum atomic E-state index is 12.2. The molecule has 0 aliphatic heterocycles. The molecular weight excluding hydrogens is 288 g/mol. The number of aliphatic hydroxyl groups excluding tert-OH is 1. The summed E-state index contributed by atoms with van der Waals surface area (Å²) in [6.45, 7) is 0. The summed E-state index contributed by atoms with van der Waals surface area (Å²) < 4.78 is 10.7. The lowest BCUT2D eigenvalue weighted by molar-refractivity contribution is 0.0317. The molecule has 0 radical (unpaired) electrons. The lowest BCUT2D eigenvalue weighted by Gasteiger charge is -2.28. The molecule has 2 atom stereocenters. The van der Waals surface area contributed by atoms with Crippen LogP contribution < -0.4 is 10.2 Å². The fraction of sp³-hybridized carbons (Fsp3) is 0.312. The molecule has 6 nitrogen and oxygen atoms in total. The molecule has 6 heteroatoms. The molecule has 3 N–H and O–H groups in total. The summed E-state index contributed by atoms with van der Waals surface area (Å²) in [7, 11) is 1.43. The number of hydrogen-bond acceptors (Lipinski definition) is 6. The van der Waals surface area contributed by atoms with Gasteiger partial charge in [0.05, 0.1) is 13.2 Å². The van der Waals surface area contributed by atoms with Crippen molar-refractivity contribution < 1.29 is 24.5 Å². The highest BCUT2D eigenvalue weighted by atomic mass is 16.5. The summed E-state index contributed by atoms with van der Waals surface area (Å²) in [5.41, 5.74) is -1.78. The van der Waals surface area contributed by atoms with Crippen LogP contribution in [-0.2, 0) is 5.60 Å². The van der Waals surface area contributed by atoms with Crippen LogP contribution in [0.3, 0.4) is 0 Å². The molecule has 2 unspecified atom stereocenters. The molecule has 1 aromatic heterocycles. The third kappa shape index (κ3) is 2.36. The van der Waals surface area contributed by atoms with E-state index in [1.165, 1.54) is 31.4 Å². The van der Waals surface area contributed by atoms with Crippen molar-refractivity contribution in [3.05, 3.63) is 46.3 Å². The van der Waals surface area contributed by atoms with Gasteiger partial charge in [-0.3, -0.25) is 4.79 Å². The van der Waals surface area contributed by atoms with E-state index in [-0.39, 0.29) is 28.9 Å². The van der Waals surface area contributed by atoms with Gasteiger partial charge in [-0.05, 0) is 18.9 Å². The van der Waals surface area contributed by atoms with E-state index < -0.39 is 17.1 Å². The van der Waals surface area contributed by atoms with Crippen LogP contribution in [0.15, 0.2) is 39.6 Å². The molecule has 3 rings (SSSR count). The number of ether oxygens (including phenoxy) is 1. The van der Waals surface area contributed by atoms with Gasteiger partial charge >= 0.3 is 0 Å². The quantitative estimate of drug-likeness (QED) is 0.725. The third-order valence-corrected chi connectivity index (χ3v) is 3.86. The lowest BCUT2D eigenvalue weighted by Crippen LogP contribution is -2.29. The molecule has 22 heavy (non-hydrogen) atoms. The summed E-state index contributed by atoms with van der Waals surface area (Å²) in [5, 5.41) is 30.0. The van der Waals surface area contributed by atoms with Crippen molar-refractivity contribution in [2.45, 2.75) is 24.5 Å². The van der Waals surface area contributed by atoms with Crippen molar-refractivity contribution in [1.82, 2.24) is 0 Å². The van der Waals surface area contributed by atoms with E-state index in [1.807, 2.05) is 0 Å². The molecule has 1 aliphatic carbocycles. The maximum absolute atomic E-state index is 12.2. The number of methoxy groups -OCH3 is 1. The number of benzene rings is 1. The van der Waals surface area contributed by atoms with Crippen LogP contribution in [0.4, 0.5) is 0 Å². The monoisotopic (exact) mass is 304 g/mol. The van der Waals surface area contributed by atoms with Crippen molar-refractivity contribution in [2.24, 2.45) is 0 Å². The third-order valence-electron chi connectivity index (χ3n) is 3.86. The predicted octanol–water partition coefficient (Wildman–Crippen LogP) is 1.41. The zero-order valence-corrected chi connectivity index (χ0v) is 11.9. The number of aliphatic hydroxyl groups is 2. The minimum absolute atomic E-state index is 0.0352. The molecule has 0 saturated heterocycles. The van der Waals surface area contributed by atoms with Crippen LogP contribution in [-0.4, -0.2) is 28.5 Å². The summed E-state index contributed by atoms with van der Waals surface area (Å²) in [5.74, 6) is 0.170. The second-order valence-corrected chi connectivity index (χ2v) is 5.38. The zero-order chi connectivity index (χ0) is 15.9. The van der Waals surface area contributed by atoms with Gasteiger partial charge in [0.2, 0.25) is 0 Å². The highest BCUT2D eigenvalue weighted by Gasteiger charge is 2.33. The molecule has 2 aromatic rings. The molecule has 0 fully saturated rings. The van der Waals surface area contributed by atoms with E-state index in [9.17, 15) is 20.1 Å². The second kappa shape index (κ2) is 5.15. The Hall–Kier alpha value is -2.31. The predicted molar refractivity (Wildman–Crippen MR) is 79.0 cm³/mol. The van der Waals surface area contributed by atoms with Crippen molar-refractivity contribution in [3.8, 4) is 11.5 Å². The number of fused-ring (bicyclic) bond motifs is 1. The Morgan fingerprint density at radius 3 is 2.77 bits per heavy atom. The number of aromatic hydroxyl groups is 1. The molecule has 116 valence electrons. The summed E-state index contributed by atoms with van der Waals surface area (Å²) in [6, 6.07) is 3.96. The first-order chi connectivity index (χ1) is 10.4. The molecular formula is C16H16O6. The van der Waals surface area contributed by atoms with Gasteiger partial charge in [0, 0.05) is 18.2 Å². The molecule has 1 aliphatic rings. The molecule has 0 spiro atoms. The van der Waals surface area contributed by atoms with Crippen LogP contribution in [0.2, 0.25) is 0 Å². The van der Waals surface area contributed by atoms with E-state index in [4.69, 9.17) is 9.15 Å². The van der Waals surface area contributed by atoms with Crippen LogP contribution in [0.1, 0.15) is 18.6 Å². The number of rotatable bonds is 2. The molecule has 0 saturated carbocycles. The van der Waals surface area contributed by atoms with Crippen molar-refractivity contribution >= 4 is 11.0 Å². The van der Waals surface area contributed by atoms with Crippen molar-refractivity contribution in [1.29, 1.82) is 0 Å². The minimum Gasteiger partial charge on any atom is -0.507 e. The Morgan fingerprint density at radius 2 is 2.14 bits per heavy atom. The molecule has 0 amide bonds. The topological polar surface area (TPSA) is 100 Å². The normalized spacial score (nSPS) is 24.6.